The Hall–Kier alpha value is -3.40. The Morgan fingerprint density at radius 3 is 2.20 bits per heavy atom. The van der Waals surface area contributed by atoms with Crippen molar-refractivity contribution < 1.29 is 4.73 Å². The molecule has 0 atom stereocenters. The van der Waals surface area contributed by atoms with Gasteiger partial charge in [-0.2, -0.15) is 4.57 Å². The molecule has 0 spiro atoms. The van der Waals surface area contributed by atoms with Gasteiger partial charge in [-0.25, -0.2) is 9.52 Å². The largest absolute Gasteiger partial charge is 0.711 e. The maximum Gasteiger partial charge on any atom is 0.347 e. The van der Waals surface area contributed by atoms with Crippen molar-refractivity contribution in [2.45, 2.75) is 6.92 Å². The van der Waals surface area contributed by atoms with E-state index >= 15 is 0 Å². The van der Waals surface area contributed by atoms with E-state index in [9.17, 15) is 10.0 Å². The second-order valence-corrected chi connectivity index (χ2v) is 5.91. The molecule has 0 unspecified atom stereocenters. The number of aryl methyl sites for hydroxylation is 1. The van der Waals surface area contributed by atoms with Crippen molar-refractivity contribution in [3.63, 3.8) is 0 Å². The van der Waals surface area contributed by atoms with Gasteiger partial charge in [0.1, 0.15) is 5.69 Å². The molecule has 2 aromatic heterocycles. The summed E-state index contributed by atoms with van der Waals surface area (Å²) in [6.07, 6.45) is 1.40. The fraction of sp³-hybridized carbons (Fsp3) is 0.0476. The molecule has 25 heavy (non-hydrogen) atoms. The van der Waals surface area contributed by atoms with E-state index in [0.29, 0.717) is 11.2 Å². The van der Waals surface area contributed by atoms with E-state index < -0.39 is 0 Å². The van der Waals surface area contributed by atoms with Crippen molar-refractivity contribution in [2.24, 2.45) is 0 Å². The Kier molecular flexibility index (Phi) is 3.58. The van der Waals surface area contributed by atoms with Crippen molar-refractivity contribution in [2.75, 3.05) is 0 Å². The van der Waals surface area contributed by atoms with Crippen LogP contribution in [0.5, 0.6) is 0 Å². The highest BCUT2D eigenvalue weighted by atomic mass is 16.5. The first-order chi connectivity index (χ1) is 12.2. The van der Waals surface area contributed by atoms with Gasteiger partial charge in [0.25, 0.3) is 5.82 Å². The average Bonchev–Trinajstić information content (AvgIpc) is 2.66. The first kappa shape index (κ1) is 15.1. The highest BCUT2D eigenvalue weighted by Gasteiger charge is 2.23. The first-order valence-electron chi connectivity index (χ1n) is 8.07. The van der Waals surface area contributed by atoms with Crippen LogP contribution in [0.2, 0.25) is 0 Å². The van der Waals surface area contributed by atoms with E-state index in [1.807, 2.05) is 55.5 Å². The van der Waals surface area contributed by atoms with Gasteiger partial charge in [0.05, 0.1) is 11.6 Å². The third kappa shape index (κ3) is 2.39. The molecular weight excluding hydrogens is 312 g/mol. The lowest BCUT2D eigenvalue weighted by Gasteiger charge is -2.15. The zero-order valence-electron chi connectivity index (χ0n) is 13.7. The lowest BCUT2D eigenvalue weighted by atomic mass is 10.00. The number of nitrogens with zero attached hydrogens (tertiary/aromatic N) is 2. The minimum absolute atomic E-state index is 0.198. The van der Waals surface area contributed by atoms with E-state index in [4.69, 9.17) is 0 Å². The summed E-state index contributed by atoms with van der Waals surface area (Å²) in [5, 5.41) is 13.9. The van der Waals surface area contributed by atoms with Gasteiger partial charge in [0.2, 0.25) is 0 Å². The third-order valence-corrected chi connectivity index (χ3v) is 4.42. The summed E-state index contributed by atoms with van der Waals surface area (Å²) in [6, 6.07) is 22.3. The summed E-state index contributed by atoms with van der Waals surface area (Å²) in [5.41, 5.74) is 2.40. The van der Waals surface area contributed by atoms with E-state index in [1.165, 1.54) is 10.8 Å². The molecule has 0 saturated carbocycles. The Morgan fingerprint density at radius 1 is 0.840 bits per heavy atom. The molecule has 0 bridgehead atoms. The number of hydrogen-bond donors (Lipinski definition) is 0. The molecule has 4 heteroatoms. The Bertz CT molecular complexity index is 1130. The Balaban J connectivity index is 2.23. The van der Waals surface area contributed by atoms with Crippen LogP contribution in [0.3, 0.4) is 0 Å². The molecule has 4 aromatic rings. The van der Waals surface area contributed by atoms with Crippen LogP contribution in [-0.2, 0) is 0 Å². The maximum absolute atomic E-state index is 13.2. The van der Waals surface area contributed by atoms with Gasteiger partial charge in [-0.15, -0.1) is 0 Å². The second-order valence-electron chi connectivity index (χ2n) is 5.91. The summed E-state index contributed by atoms with van der Waals surface area (Å²) in [7, 11) is 0. The molecule has 0 N–H and O–H groups in total. The number of rotatable bonds is 2. The van der Waals surface area contributed by atoms with Crippen LogP contribution < -0.4 is 10.3 Å². The molecule has 0 fully saturated rings. The van der Waals surface area contributed by atoms with Crippen LogP contribution >= 0.6 is 0 Å². The molecule has 0 radical (unpaired) electrons. The lowest BCUT2D eigenvalue weighted by Crippen LogP contribution is -2.36. The maximum atomic E-state index is 13.2. The van der Waals surface area contributed by atoms with Crippen LogP contribution in [0.4, 0.5) is 0 Å². The monoisotopic (exact) mass is 328 g/mol. The van der Waals surface area contributed by atoms with Crippen molar-refractivity contribution in [1.29, 1.82) is 0 Å². The number of fused-ring (bicyclic) bond motifs is 1. The second kappa shape index (κ2) is 5.91. The highest BCUT2D eigenvalue weighted by Crippen LogP contribution is 2.28. The Morgan fingerprint density at radius 2 is 1.48 bits per heavy atom. The molecule has 4 nitrogen and oxygen atoms in total. The molecule has 2 aromatic carbocycles. The molecule has 2 heterocycles. The lowest BCUT2D eigenvalue weighted by molar-refractivity contribution is -0.599. The predicted molar refractivity (Wildman–Crippen MR) is 98.7 cm³/mol. The van der Waals surface area contributed by atoms with E-state index in [1.54, 1.807) is 24.3 Å². The van der Waals surface area contributed by atoms with Crippen molar-refractivity contribution in [3.8, 4) is 17.1 Å². The van der Waals surface area contributed by atoms with Gasteiger partial charge >= 0.3 is 5.56 Å². The van der Waals surface area contributed by atoms with Gasteiger partial charge in [-0.3, -0.25) is 0 Å². The third-order valence-electron chi connectivity index (χ3n) is 4.42. The first-order valence-corrected chi connectivity index (χ1v) is 8.07. The summed E-state index contributed by atoms with van der Waals surface area (Å²) in [5.74, 6) is 0.292. The SMILES string of the molecule is Cc1c(-c2ccccc2)n(-c2cccc[n+]2[O-])c(=O)c2ccccc12. The molecule has 0 aliphatic rings. The van der Waals surface area contributed by atoms with Gasteiger partial charge in [0, 0.05) is 17.2 Å². The number of pyridine rings is 2. The Labute approximate surface area is 144 Å². The molecule has 4 rings (SSSR count). The molecule has 0 saturated heterocycles. The smallest absolute Gasteiger partial charge is 0.347 e. The van der Waals surface area contributed by atoms with Crippen LogP contribution in [0.1, 0.15) is 5.56 Å². The summed E-state index contributed by atoms with van der Waals surface area (Å²) < 4.78 is 2.24. The zero-order valence-corrected chi connectivity index (χ0v) is 13.7. The minimum atomic E-state index is -0.198. The fourth-order valence-corrected chi connectivity index (χ4v) is 3.27. The van der Waals surface area contributed by atoms with E-state index in [-0.39, 0.29) is 5.56 Å². The van der Waals surface area contributed by atoms with Crippen molar-refractivity contribution >= 4 is 10.8 Å². The summed E-state index contributed by atoms with van der Waals surface area (Å²) >= 11 is 0. The van der Waals surface area contributed by atoms with Crippen molar-refractivity contribution in [3.05, 3.63) is 100 Å². The molecular formula is C21H16N2O2. The topological polar surface area (TPSA) is 48.9 Å². The van der Waals surface area contributed by atoms with Gasteiger partial charge < -0.3 is 5.21 Å². The van der Waals surface area contributed by atoms with Gasteiger partial charge in [0.15, 0.2) is 0 Å². The summed E-state index contributed by atoms with van der Waals surface area (Å²) in [4.78, 5) is 13.2. The van der Waals surface area contributed by atoms with Crippen LogP contribution in [0.15, 0.2) is 83.8 Å². The number of hydrogen-bond acceptors (Lipinski definition) is 2. The van der Waals surface area contributed by atoms with Crippen LogP contribution in [-0.4, -0.2) is 4.57 Å². The zero-order chi connectivity index (χ0) is 17.4. The normalized spacial score (nSPS) is 10.9. The standard InChI is InChI=1S/C21H16N2O2/c1-15-17-11-5-6-12-18(17)21(24)23(19-13-7-8-14-22(19)25)20(15)16-9-3-2-4-10-16/h2-14H,1H3. The average molecular weight is 328 g/mol. The van der Waals surface area contributed by atoms with Crippen molar-refractivity contribution in [1.82, 2.24) is 4.57 Å². The minimum Gasteiger partial charge on any atom is -0.711 e. The fourth-order valence-electron chi connectivity index (χ4n) is 3.27. The number of benzene rings is 2. The van der Waals surface area contributed by atoms with Crippen LogP contribution in [0, 0.1) is 12.1 Å². The highest BCUT2D eigenvalue weighted by molar-refractivity contribution is 5.90. The molecule has 0 aliphatic carbocycles. The predicted octanol–water partition coefficient (Wildman–Crippen LogP) is 3.60. The number of aromatic nitrogens is 2. The van der Waals surface area contributed by atoms with Crippen LogP contribution in [0.25, 0.3) is 27.8 Å². The molecule has 122 valence electrons. The van der Waals surface area contributed by atoms with Gasteiger partial charge in [-0.1, -0.05) is 54.6 Å². The van der Waals surface area contributed by atoms with E-state index in [0.717, 1.165) is 26.9 Å². The summed E-state index contributed by atoms with van der Waals surface area (Å²) in [6.45, 7) is 1.98. The molecule has 0 amide bonds. The molecule has 0 aliphatic heterocycles. The van der Waals surface area contributed by atoms with Gasteiger partial charge in [-0.05, 0) is 24.4 Å². The van der Waals surface area contributed by atoms with E-state index in [2.05, 4.69) is 0 Å². The quantitative estimate of drug-likeness (QED) is 0.417.